The predicted octanol–water partition coefficient (Wildman–Crippen LogP) is 6.28. The molecule has 0 aliphatic carbocycles. The molecule has 0 bridgehead atoms. The van der Waals surface area contributed by atoms with Gasteiger partial charge in [-0.3, -0.25) is 5.10 Å². The molecule has 0 spiro atoms. The first-order valence-electron chi connectivity index (χ1n) is 7.92. The fourth-order valence-electron chi connectivity index (χ4n) is 2.33. The maximum Gasteiger partial charge on any atom is 0.460 e. The van der Waals surface area contributed by atoms with Crippen molar-refractivity contribution < 1.29 is 61.8 Å². The molecular weight excluding hydrogens is 483 g/mol. The monoisotopic (exact) mass is 492 g/mol. The topological polar surface area (TPSA) is 37.9 Å². The lowest BCUT2D eigenvalue weighted by atomic mass is 9.92. The van der Waals surface area contributed by atoms with E-state index >= 15 is 0 Å². The van der Waals surface area contributed by atoms with E-state index in [0.717, 1.165) is 12.1 Å². The van der Waals surface area contributed by atoms with E-state index < -0.39 is 47.2 Å². The van der Waals surface area contributed by atoms with E-state index in [1.165, 1.54) is 24.3 Å². The van der Waals surface area contributed by atoms with Crippen LogP contribution >= 0.6 is 0 Å². The Balaban J connectivity index is 2.51. The number of rotatable bonds is 7. The zero-order valence-corrected chi connectivity index (χ0v) is 15.2. The maximum atomic E-state index is 14.1. The van der Waals surface area contributed by atoms with Crippen molar-refractivity contribution in [2.24, 2.45) is 0 Å². The Morgan fingerprint density at radius 1 is 0.688 bits per heavy atom. The third-order valence-electron chi connectivity index (χ3n) is 4.24. The van der Waals surface area contributed by atoms with Crippen LogP contribution in [0.2, 0.25) is 0 Å². The Labute approximate surface area is 169 Å². The third kappa shape index (κ3) is 3.52. The molecule has 0 aliphatic heterocycles. The van der Waals surface area contributed by atoms with Gasteiger partial charge >= 0.3 is 35.8 Å². The highest BCUT2D eigenvalue weighted by Crippen LogP contribution is 2.61. The molecule has 2 rings (SSSR count). The van der Waals surface area contributed by atoms with E-state index in [-0.39, 0.29) is 17.4 Å². The van der Waals surface area contributed by atoms with Gasteiger partial charge in [-0.05, 0) is 30.3 Å². The van der Waals surface area contributed by atoms with Gasteiger partial charge in [-0.1, -0.05) is 0 Å². The van der Waals surface area contributed by atoms with Crippen LogP contribution in [0.1, 0.15) is 5.69 Å². The van der Waals surface area contributed by atoms with E-state index in [2.05, 4.69) is 5.10 Å². The molecule has 0 saturated heterocycles. The van der Waals surface area contributed by atoms with Crippen LogP contribution < -0.4 is 4.74 Å². The Morgan fingerprint density at radius 3 is 1.59 bits per heavy atom. The van der Waals surface area contributed by atoms with Crippen LogP contribution in [-0.4, -0.2) is 47.2 Å². The number of benzene rings is 1. The van der Waals surface area contributed by atoms with Gasteiger partial charge in [-0.25, -0.2) is 0 Å². The summed E-state index contributed by atoms with van der Waals surface area (Å²) in [6, 6.07) is 4.77. The molecule has 2 aromatic rings. The van der Waals surface area contributed by atoms with Crippen LogP contribution in [0.15, 0.2) is 30.3 Å². The fourth-order valence-corrected chi connectivity index (χ4v) is 2.33. The number of halogens is 13. The van der Waals surface area contributed by atoms with Crippen molar-refractivity contribution >= 4 is 0 Å². The first-order valence-corrected chi connectivity index (χ1v) is 7.92. The lowest BCUT2D eigenvalue weighted by Gasteiger charge is -2.39. The van der Waals surface area contributed by atoms with E-state index in [4.69, 9.17) is 4.74 Å². The molecule has 0 atom stereocenters. The number of alkyl halides is 13. The van der Waals surface area contributed by atoms with Gasteiger partial charge < -0.3 is 4.74 Å². The normalized spacial score (nSPS) is 14.6. The van der Waals surface area contributed by atoms with Crippen molar-refractivity contribution in [1.82, 2.24) is 10.2 Å². The van der Waals surface area contributed by atoms with Crippen molar-refractivity contribution in [2.45, 2.75) is 35.8 Å². The van der Waals surface area contributed by atoms with Gasteiger partial charge in [0.15, 0.2) is 0 Å². The summed E-state index contributed by atoms with van der Waals surface area (Å²) in [5.74, 6) is -37.2. The lowest BCUT2D eigenvalue weighted by Crippen LogP contribution is -2.69. The Bertz CT molecular complexity index is 948. The number of ether oxygens (including phenoxy) is 1. The number of hydrogen-bond donors (Lipinski definition) is 1. The number of hydrogen-bond acceptors (Lipinski definition) is 2. The molecule has 3 nitrogen and oxygen atoms in total. The SMILES string of the molecule is COc1ccc(-c2cc(C(F)(F)C(F)(F)C(F)(F)C(F)(F)C(F)(F)C(F)(F)F)[nH]n2)cc1. The highest BCUT2D eigenvalue weighted by atomic mass is 19.4. The van der Waals surface area contributed by atoms with Gasteiger partial charge in [0.1, 0.15) is 11.4 Å². The first-order chi connectivity index (χ1) is 14.3. The highest BCUT2D eigenvalue weighted by Gasteiger charge is 2.91. The second kappa shape index (κ2) is 7.43. The molecule has 1 heterocycles. The number of aromatic nitrogens is 2. The molecule has 16 heteroatoms. The molecule has 0 fully saturated rings. The number of methoxy groups -OCH3 is 1. The predicted molar refractivity (Wildman–Crippen MR) is 80.3 cm³/mol. The van der Waals surface area contributed by atoms with Crippen LogP contribution in [0.5, 0.6) is 5.75 Å². The van der Waals surface area contributed by atoms with E-state index in [1.807, 2.05) is 0 Å². The van der Waals surface area contributed by atoms with Gasteiger partial charge in [0.2, 0.25) is 0 Å². The number of nitrogens with one attached hydrogen (secondary N) is 1. The molecule has 0 amide bonds. The van der Waals surface area contributed by atoms with Crippen LogP contribution in [0.25, 0.3) is 11.3 Å². The molecule has 1 aromatic heterocycles. The van der Waals surface area contributed by atoms with E-state index in [9.17, 15) is 57.1 Å². The van der Waals surface area contributed by atoms with Crippen molar-refractivity contribution in [2.75, 3.05) is 7.11 Å². The molecule has 1 N–H and O–H groups in total. The van der Waals surface area contributed by atoms with Crippen LogP contribution in [0, 0.1) is 0 Å². The molecule has 0 unspecified atom stereocenters. The van der Waals surface area contributed by atoms with Crippen molar-refractivity contribution in [3.8, 4) is 17.0 Å². The zero-order chi connectivity index (χ0) is 25.0. The van der Waals surface area contributed by atoms with Gasteiger partial charge in [-0.2, -0.15) is 62.2 Å². The molecule has 180 valence electrons. The van der Waals surface area contributed by atoms with Gasteiger partial charge in [-0.15, -0.1) is 0 Å². The highest BCUT2D eigenvalue weighted by molar-refractivity contribution is 5.60. The van der Waals surface area contributed by atoms with Gasteiger partial charge in [0, 0.05) is 5.56 Å². The Morgan fingerprint density at radius 2 is 1.16 bits per heavy atom. The molecule has 0 radical (unpaired) electrons. The summed E-state index contributed by atoms with van der Waals surface area (Å²) in [6.07, 6.45) is -7.46. The van der Waals surface area contributed by atoms with Crippen molar-refractivity contribution in [1.29, 1.82) is 0 Å². The summed E-state index contributed by atoms with van der Waals surface area (Å²) in [5, 5.41) is 4.29. The van der Waals surface area contributed by atoms with Crippen LogP contribution in [-0.2, 0) is 5.92 Å². The summed E-state index contributed by atoms with van der Waals surface area (Å²) < 4.78 is 176. The summed E-state index contributed by atoms with van der Waals surface area (Å²) in [6.45, 7) is 0. The second-order valence-electron chi connectivity index (χ2n) is 6.27. The molecule has 1 aromatic carbocycles. The minimum atomic E-state index is -7.95. The maximum absolute atomic E-state index is 14.1. The second-order valence-corrected chi connectivity index (χ2v) is 6.27. The summed E-state index contributed by atoms with van der Waals surface area (Å²) in [7, 11) is 1.25. The largest absolute Gasteiger partial charge is 0.497 e. The lowest BCUT2D eigenvalue weighted by molar-refractivity contribution is -0.442. The van der Waals surface area contributed by atoms with E-state index in [0.29, 0.717) is 0 Å². The number of H-pyrrole nitrogens is 1. The third-order valence-corrected chi connectivity index (χ3v) is 4.24. The minimum Gasteiger partial charge on any atom is -0.497 e. The van der Waals surface area contributed by atoms with Crippen molar-refractivity contribution in [3.05, 3.63) is 36.0 Å². The molecular formula is C16H9F13N2O. The summed E-state index contributed by atoms with van der Waals surface area (Å²) >= 11 is 0. The Hall–Kier alpha value is -2.68. The average molecular weight is 492 g/mol. The molecule has 0 saturated carbocycles. The number of nitrogens with zero attached hydrogens (tertiary/aromatic N) is 1. The minimum absolute atomic E-state index is 0.00580. The fraction of sp³-hybridized carbons (Fsp3) is 0.438. The van der Waals surface area contributed by atoms with E-state index in [1.54, 1.807) is 0 Å². The smallest absolute Gasteiger partial charge is 0.460 e. The quantitative estimate of drug-likeness (QED) is 0.462. The molecule has 32 heavy (non-hydrogen) atoms. The zero-order valence-electron chi connectivity index (χ0n) is 15.2. The summed E-state index contributed by atoms with van der Waals surface area (Å²) in [4.78, 5) is 0. The summed E-state index contributed by atoms with van der Waals surface area (Å²) in [5.41, 5.74) is -2.94. The van der Waals surface area contributed by atoms with Gasteiger partial charge in [0.25, 0.3) is 0 Å². The van der Waals surface area contributed by atoms with Crippen LogP contribution in [0.4, 0.5) is 57.1 Å². The van der Waals surface area contributed by atoms with Crippen LogP contribution in [0.3, 0.4) is 0 Å². The Kier molecular flexibility index (Phi) is 5.94. The van der Waals surface area contributed by atoms with Gasteiger partial charge in [0.05, 0.1) is 12.8 Å². The average Bonchev–Trinajstić information content (AvgIpc) is 3.17. The number of aromatic amines is 1. The molecule has 0 aliphatic rings. The van der Waals surface area contributed by atoms with Crippen molar-refractivity contribution in [3.63, 3.8) is 0 Å². The first kappa shape index (κ1) is 25.6. The standard InChI is InChI=1S/C16H9F13N2O/c1-32-8-4-2-7(3-5-8)9-6-10(31-30-9)11(17,18)12(19,20)13(21,22)14(23,24)15(25,26)16(27,28)29/h2-6H,1H3,(H,30,31).